The summed E-state index contributed by atoms with van der Waals surface area (Å²) in [6.45, 7) is 0. The Balaban J connectivity index is 2.22. The van der Waals surface area contributed by atoms with Crippen molar-refractivity contribution >= 4 is 22.8 Å². The maximum Gasteiger partial charge on any atom is 0.250 e. The molecule has 3 rings (SSSR count). The SMILES string of the molecule is Cn1ccc(-c2nc3nccc(Cl)c3[nH]2)cc1=O. The zero-order chi connectivity index (χ0) is 12.7. The Hall–Kier alpha value is -2.14. The van der Waals surface area contributed by atoms with Gasteiger partial charge in [0, 0.05) is 31.1 Å². The van der Waals surface area contributed by atoms with Gasteiger partial charge in [0.05, 0.1) is 5.02 Å². The van der Waals surface area contributed by atoms with Crippen LogP contribution in [-0.4, -0.2) is 19.5 Å². The van der Waals surface area contributed by atoms with Crippen molar-refractivity contribution in [3.05, 3.63) is 46.0 Å². The Kier molecular flexibility index (Phi) is 2.41. The first-order valence-corrected chi connectivity index (χ1v) is 5.70. The van der Waals surface area contributed by atoms with Gasteiger partial charge in [-0.15, -0.1) is 0 Å². The molecule has 0 spiro atoms. The molecule has 0 saturated heterocycles. The van der Waals surface area contributed by atoms with Crippen LogP contribution in [0, 0.1) is 0 Å². The molecule has 0 aliphatic heterocycles. The third kappa shape index (κ3) is 1.69. The Morgan fingerprint density at radius 3 is 2.94 bits per heavy atom. The molecule has 3 heterocycles. The molecule has 0 aliphatic rings. The Bertz CT molecular complexity index is 790. The molecule has 18 heavy (non-hydrogen) atoms. The Morgan fingerprint density at radius 2 is 2.22 bits per heavy atom. The first-order chi connectivity index (χ1) is 8.65. The molecule has 0 aliphatic carbocycles. The molecule has 6 heteroatoms. The lowest BCUT2D eigenvalue weighted by Gasteiger charge is -1.98. The maximum absolute atomic E-state index is 11.6. The Labute approximate surface area is 107 Å². The van der Waals surface area contributed by atoms with Crippen LogP contribution in [0.15, 0.2) is 35.4 Å². The number of halogens is 1. The lowest BCUT2D eigenvalue weighted by molar-refractivity contribution is 0.860. The van der Waals surface area contributed by atoms with Crippen molar-refractivity contribution in [2.45, 2.75) is 0 Å². The summed E-state index contributed by atoms with van der Waals surface area (Å²) in [5.41, 5.74) is 1.84. The highest BCUT2D eigenvalue weighted by Gasteiger charge is 2.09. The van der Waals surface area contributed by atoms with E-state index in [2.05, 4.69) is 15.0 Å². The largest absolute Gasteiger partial charge is 0.335 e. The second kappa shape index (κ2) is 3.96. The van der Waals surface area contributed by atoms with Gasteiger partial charge in [0.2, 0.25) is 0 Å². The predicted molar refractivity (Wildman–Crippen MR) is 69.6 cm³/mol. The molecule has 3 aromatic heterocycles. The van der Waals surface area contributed by atoms with Crippen molar-refractivity contribution in [1.29, 1.82) is 0 Å². The van der Waals surface area contributed by atoms with E-state index < -0.39 is 0 Å². The van der Waals surface area contributed by atoms with Crippen LogP contribution in [0.1, 0.15) is 0 Å². The normalized spacial score (nSPS) is 11.0. The smallest absolute Gasteiger partial charge is 0.250 e. The van der Waals surface area contributed by atoms with Gasteiger partial charge in [0.25, 0.3) is 5.56 Å². The fourth-order valence-corrected chi connectivity index (χ4v) is 1.90. The van der Waals surface area contributed by atoms with Crippen molar-refractivity contribution in [3.8, 4) is 11.4 Å². The van der Waals surface area contributed by atoms with Gasteiger partial charge >= 0.3 is 0 Å². The molecule has 0 unspecified atom stereocenters. The number of hydrogen-bond acceptors (Lipinski definition) is 3. The van der Waals surface area contributed by atoms with E-state index >= 15 is 0 Å². The number of pyridine rings is 2. The number of aryl methyl sites for hydroxylation is 1. The summed E-state index contributed by atoms with van der Waals surface area (Å²) >= 11 is 6.04. The van der Waals surface area contributed by atoms with Gasteiger partial charge in [-0.25, -0.2) is 9.97 Å². The summed E-state index contributed by atoms with van der Waals surface area (Å²) < 4.78 is 1.50. The minimum absolute atomic E-state index is 0.0907. The van der Waals surface area contributed by atoms with E-state index in [1.807, 2.05) is 6.07 Å². The molecule has 5 nitrogen and oxygen atoms in total. The molecule has 90 valence electrons. The molecular weight excluding hydrogens is 252 g/mol. The zero-order valence-corrected chi connectivity index (χ0v) is 10.3. The van der Waals surface area contributed by atoms with E-state index in [-0.39, 0.29) is 5.56 Å². The molecule has 0 aromatic carbocycles. The highest BCUT2D eigenvalue weighted by Crippen LogP contribution is 2.23. The topological polar surface area (TPSA) is 63.6 Å². The molecule has 0 bridgehead atoms. The number of fused-ring (bicyclic) bond motifs is 1. The molecule has 0 fully saturated rings. The second-order valence-corrected chi connectivity index (χ2v) is 4.35. The first kappa shape index (κ1) is 11.0. The number of aromatic amines is 1. The summed E-state index contributed by atoms with van der Waals surface area (Å²) in [7, 11) is 1.70. The summed E-state index contributed by atoms with van der Waals surface area (Å²) in [6.07, 6.45) is 3.29. The van der Waals surface area contributed by atoms with Crippen LogP contribution < -0.4 is 5.56 Å². The van der Waals surface area contributed by atoms with Crippen LogP contribution in [0.5, 0.6) is 0 Å². The number of nitrogens with zero attached hydrogens (tertiary/aromatic N) is 3. The average Bonchev–Trinajstić information content (AvgIpc) is 2.78. The molecule has 1 N–H and O–H groups in total. The number of nitrogens with one attached hydrogen (secondary N) is 1. The van der Waals surface area contributed by atoms with Crippen LogP contribution in [0.2, 0.25) is 5.02 Å². The van der Waals surface area contributed by atoms with Crippen molar-refractivity contribution in [1.82, 2.24) is 19.5 Å². The fraction of sp³-hybridized carbons (Fsp3) is 0.0833. The van der Waals surface area contributed by atoms with Gasteiger partial charge in [-0.05, 0) is 12.1 Å². The fourth-order valence-electron chi connectivity index (χ4n) is 1.71. The average molecular weight is 261 g/mol. The van der Waals surface area contributed by atoms with Crippen LogP contribution in [0.3, 0.4) is 0 Å². The van der Waals surface area contributed by atoms with Crippen molar-refractivity contribution in [2.75, 3.05) is 0 Å². The Morgan fingerprint density at radius 1 is 1.39 bits per heavy atom. The van der Waals surface area contributed by atoms with Crippen molar-refractivity contribution in [3.63, 3.8) is 0 Å². The van der Waals surface area contributed by atoms with Gasteiger partial charge in [-0.3, -0.25) is 4.79 Å². The van der Waals surface area contributed by atoms with Crippen molar-refractivity contribution < 1.29 is 0 Å². The number of hydrogen-bond donors (Lipinski definition) is 1. The molecule has 0 atom stereocenters. The third-order valence-corrected chi connectivity index (χ3v) is 3.03. The second-order valence-electron chi connectivity index (χ2n) is 3.94. The van der Waals surface area contributed by atoms with Gasteiger partial charge in [0.1, 0.15) is 11.3 Å². The van der Waals surface area contributed by atoms with E-state index in [0.29, 0.717) is 27.6 Å². The van der Waals surface area contributed by atoms with Gasteiger partial charge < -0.3 is 9.55 Å². The molecule has 0 amide bonds. The van der Waals surface area contributed by atoms with E-state index in [0.717, 1.165) is 0 Å². The highest BCUT2D eigenvalue weighted by atomic mass is 35.5. The molecule has 0 saturated carbocycles. The van der Waals surface area contributed by atoms with E-state index in [1.54, 1.807) is 25.5 Å². The first-order valence-electron chi connectivity index (χ1n) is 5.32. The van der Waals surface area contributed by atoms with E-state index in [9.17, 15) is 4.79 Å². The monoisotopic (exact) mass is 260 g/mol. The predicted octanol–water partition coefficient (Wildman–Crippen LogP) is 1.98. The minimum Gasteiger partial charge on any atom is -0.335 e. The maximum atomic E-state index is 11.6. The molecule has 0 radical (unpaired) electrons. The molecule has 3 aromatic rings. The summed E-state index contributed by atoms with van der Waals surface area (Å²) in [5, 5.41) is 0.558. The van der Waals surface area contributed by atoms with E-state index in [4.69, 9.17) is 11.6 Å². The highest BCUT2D eigenvalue weighted by molar-refractivity contribution is 6.34. The quantitative estimate of drug-likeness (QED) is 0.728. The van der Waals surface area contributed by atoms with Crippen LogP contribution in [0.4, 0.5) is 0 Å². The summed E-state index contributed by atoms with van der Waals surface area (Å²) in [6, 6.07) is 5.02. The summed E-state index contributed by atoms with van der Waals surface area (Å²) in [5.74, 6) is 0.586. The third-order valence-electron chi connectivity index (χ3n) is 2.72. The van der Waals surface area contributed by atoms with Gasteiger partial charge in [0.15, 0.2) is 5.65 Å². The van der Waals surface area contributed by atoms with Gasteiger partial charge in [-0.2, -0.15) is 0 Å². The lowest BCUT2D eigenvalue weighted by atomic mass is 10.2. The zero-order valence-electron chi connectivity index (χ0n) is 9.51. The van der Waals surface area contributed by atoms with Crippen LogP contribution in [0.25, 0.3) is 22.6 Å². The minimum atomic E-state index is -0.0907. The number of aromatic nitrogens is 4. The van der Waals surface area contributed by atoms with E-state index in [1.165, 1.54) is 10.6 Å². The number of imidazole rings is 1. The number of rotatable bonds is 1. The number of H-pyrrole nitrogens is 1. The standard InChI is InChI=1S/C12H9ClN4O/c1-17-5-3-7(6-9(17)18)11-15-10-8(13)2-4-14-12(10)16-11/h2-6H,1H3,(H,14,15,16). The summed E-state index contributed by atoms with van der Waals surface area (Å²) in [4.78, 5) is 23.1. The molecular formula is C12H9ClN4O. The van der Waals surface area contributed by atoms with Crippen LogP contribution in [-0.2, 0) is 7.05 Å². The van der Waals surface area contributed by atoms with Crippen LogP contribution >= 0.6 is 11.6 Å². The van der Waals surface area contributed by atoms with Gasteiger partial charge in [-0.1, -0.05) is 11.6 Å². The lowest BCUT2D eigenvalue weighted by Crippen LogP contribution is -2.14. The van der Waals surface area contributed by atoms with Crippen molar-refractivity contribution in [2.24, 2.45) is 7.05 Å².